The van der Waals surface area contributed by atoms with Crippen LogP contribution < -0.4 is 10.6 Å². The first-order chi connectivity index (χ1) is 12.5. The molecular weight excluding hydrogens is 372 g/mol. The molecule has 0 aromatic carbocycles. The molecule has 3 rings (SSSR count). The molecule has 1 fully saturated rings. The molecule has 1 saturated heterocycles. The van der Waals surface area contributed by atoms with Gasteiger partial charge in [0.2, 0.25) is 10.7 Å². The number of rotatable bonds is 6. The fourth-order valence-electron chi connectivity index (χ4n) is 3.04. The van der Waals surface area contributed by atoms with Gasteiger partial charge in [-0.3, -0.25) is 9.59 Å². The van der Waals surface area contributed by atoms with Crippen LogP contribution in [0.2, 0.25) is 0 Å². The van der Waals surface area contributed by atoms with Gasteiger partial charge in [0.25, 0.3) is 5.91 Å². The van der Waals surface area contributed by atoms with Gasteiger partial charge in [0, 0.05) is 19.9 Å². The SMILES string of the molecule is Cn1c(CCC(N)=O)nn(C[NH+]2CCN(C(=O)c3cccs3)CC2)c1=S. The zero-order valence-corrected chi connectivity index (χ0v) is 16.3. The predicted molar refractivity (Wildman–Crippen MR) is 100 cm³/mol. The summed E-state index contributed by atoms with van der Waals surface area (Å²) in [5, 5.41) is 6.46. The van der Waals surface area contributed by atoms with Crippen molar-refractivity contribution in [2.45, 2.75) is 19.5 Å². The summed E-state index contributed by atoms with van der Waals surface area (Å²) in [5.74, 6) is 0.532. The number of carbonyl (C=O) groups excluding carboxylic acids is 2. The number of thiophene rings is 1. The van der Waals surface area contributed by atoms with Crippen LogP contribution in [0.4, 0.5) is 0 Å². The van der Waals surface area contributed by atoms with Gasteiger partial charge in [-0.25, -0.2) is 0 Å². The van der Waals surface area contributed by atoms with Crippen LogP contribution in [0.1, 0.15) is 21.9 Å². The maximum atomic E-state index is 12.4. The number of nitrogens with two attached hydrogens (primary N) is 1. The zero-order valence-electron chi connectivity index (χ0n) is 14.7. The Bertz CT molecular complexity index is 834. The highest BCUT2D eigenvalue weighted by Gasteiger charge is 2.25. The van der Waals surface area contributed by atoms with Gasteiger partial charge < -0.3 is 20.1 Å². The number of nitrogens with one attached hydrogen (secondary N) is 1. The summed E-state index contributed by atoms with van der Waals surface area (Å²) < 4.78 is 4.26. The van der Waals surface area contributed by atoms with E-state index in [9.17, 15) is 9.59 Å². The molecule has 0 radical (unpaired) electrons. The van der Waals surface area contributed by atoms with E-state index in [1.165, 1.54) is 16.2 Å². The molecule has 2 aromatic heterocycles. The molecule has 2 aromatic rings. The van der Waals surface area contributed by atoms with Gasteiger partial charge in [0.15, 0.2) is 6.67 Å². The second-order valence-corrected chi connectivity index (χ2v) is 7.71. The van der Waals surface area contributed by atoms with Gasteiger partial charge in [0.1, 0.15) is 5.82 Å². The summed E-state index contributed by atoms with van der Waals surface area (Å²) in [5.41, 5.74) is 5.21. The molecule has 0 atom stereocenters. The number of nitrogens with zero attached hydrogens (tertiary/aromatic N) is 4. The monoisotopic (exact) mass is 395 g/mol. The molecular formula is C16H23N6O2S2+. The van der Waals surface area contributed by atoms with E-state index < -0.39 is 0 Å². The minimum Gasteiger partial charge on any atom is -0.370 e. The third-order valence-electron chi connectivity index (χ3n) is 4.59. The minimum atomic E-state index is -0.345. The van der Waals surface area contributed by atoms with Gasteiger partial charge >= 0.3 is 0 Å². The molecule has 26 heavy (non-hydrogen) atoms. The average Bonchev–Trinajstić information content (AvgIpc) is 3.25. The Hall–Kier alpha value is -2.04. The van der Waals surface area contributed by atoms with Crippen molar-refractivity contribution in [3.05, 3.63) is 33.0 Å². The zero-order chi connectivity index (χ0) is 18.7. The Kier molecular flexibility index (Phi) is 5.84. The molecule has 0 aliphatic carbocycles. The Morgan fingerprint density at radius 2 is 2.12 bits per heavy atom. The maximum absolute atomic E-state index is 12.4. The molecule has 3 N–H and O–H groups in total. The first-order valence-electron chi connectivity index (χ1n) is 8.53. The van der Waals surface area contributed by atoms with Crippen molar-refractivity contribution in [1.82, 2.24) is 19.2 Å². The van der Waals surface area contributed by atoms with Gasteiger partial charge in [0.05, 0.1) is 31.1 Å². The smallest absolute Gasteiger partial charge is 0.264 e. The fraction of sp³-hybridized carbons (Fsp3) is 0.500. The van der Waals surface area contributed by atoms with Crippen molar-refractivity contribution in [2.24, 2.45) is 12.8 Å². The summed E-state index contributed by atoms with van der Waals surface area (Å²) >= 11 is 6.93. The van der Waals surface area contributed by atoms with E-state index in [1.54, 1.807) is 4.68 Å². The van der Waals surface area contributed by atoms with Crippen LogP contribution >= 0.6 is 23.6 Å². The number of aryl methyl sites for hydroxylation is 1. The van der Waals surface area contributed by atoms with E-state index in [1.807, 2.05) is 34.0 Å². The number of primary amides is 1. The van der Waals surface area contributed by atoms with E-state index in [4.69, 9.17) is 18.0 Å². The molecule has 0 bridgehead atoms. The third-order valence-corrected chi connectivity index (χ3v) is 5.93. The lowest BCUT2D eigenvalue weighted by Gasteiger charge is -2.31. The number of amides is 2. The predicted octanol–water partition coefficient (Wildman–Crippen LogP) is -0.571. The average molecular weight is 396 g/mol. The summed E-state index contributed by atoms with van der Waals surface area (Å²) in [6.45, 7) is 3.81. The Labute approximate surface area is 160 Å². The van der Waals surface area contributed by atoms with Crippen LogP contribution in [-0.2, 0) is 24.9 Å². The molecule has 10 heteroatoms. The van der Waals surface area contributed by atoms with Crippen molar-refractivity contribution in [2.75, 3.05) is 26.2 Å². The third kappa shape index (κ3) is 4.19. The van der Waals surface area contributed by atoms with Crippen molar-refractivity contribution < 1.29 is 14.5 Å². The van der Waals surface area contributed by atoms with E-state index >= 15 is 0 Å². The van der Waals surface area contributed by atoms with Crippen LogP contribution in [0.15, 0.2) is 17.5 Å². The van der Waals surface area contributed by atoms with E-state index in [2.05, 4.69) is 5.10 Å². The lowest BCUT2D eigenvalue weighted by Crippen LogP contribution is -3.14. The lowest BCUT2D eigenvalue weighted by molar-refractivity contribution is -0.927. The molecule has 0 saturated carbocycles. The van der Waals surface area contributed by atoms with E-state index in [-0.39, 0.29) is 18.2 Å². The van der Waals surface area contributed by atoms with Crippen LogP contribution in [0.5, 0.6) is 0 Å². The first kappa shape index (κ1) is 18.7. The lowest BCUT2D eigenvalue weighted by atomic mass is 10.3. The maximum Gasteiger partial charge on any atom is 0.264 e. The highest BCUT2D eigenvalue weighted by atomic mass is 32.1. The number of hydrogen-bond acceptors (Lipinski definition) is 5. The minimum absolute atomic E-state index is 0.113. The second-order valence-electron chi connectivity index (χ2n) is 6.40. The van der Waals surface area contributed by atoms with Crippen LogP contribution in [0.3, 0.4) is 0 Å². The number of piperazine rings is 1. The van der Waals surface area contributed by atoms with Gasteiger partial charge in [-0.15, -0.1) is 11.3 Å². The normalized spacial score (nSPS) is 15.3. The van der Waals surface area contributed by atoms with Crippen molar-refractivity contribution in [1.29, 1.82) is 0 Å². The Morgan fingerprint density at radius 1 is 1.38 bits per heavy atom. The highest BCUT2D eigenvalue weighted by Crippen LogP contribution is 2.12. The topological polar surface area (TPSA) is 90.6 Å². The van der Waals surface area contributed by atoms with Crippen LogP contribution in [-0.4, -0.2) is 57.2 Å². The quantitative estimate of drug-likeness (QED) is 0.641. The molecule has 8 nitrogen and oxygen atoms in total. The van der Waals surface area contributed by atoms with Gasteiger partial charge in [-0.2, -0.15) is 9.78 Å². The number of carbonyl (C=O) groups is 2. The highest BCUT2D eigenvalue weighted by molar-refractivity contribution is 7.71. The molecule has 140 valence electrons. The molecule has 1 aliphatic rings. The van der Waals surface area contributed by atoms with Crippen molar-refractivity contribution in [3.63, 3.8) is 0 Å². The fourth-order valence-corrected chi connectivity index (χ4v) is 3.94. The number of aromatic nitrogens is 3. The standard InChI is InChI=1S/C16H22N6O2S2/c1-19-14(5-4-13(17)23)18-22(16(19)25)11-20-6-8-21(9-7-20)15(24)12-3-2-10-26-12/h2-3,10H,4-9,11H2,1H3,(H2,17,23)/p+1. The summed E-state index contributed by atoms with van der Waals surface area (Å²) in [6, 6.07) is 3.77. The van der Waals surface area contributed by atoms with E-state index in [0.717, 1.165) is 36.9 Å². The van der Waals surface area contributed by atoms with Gasteiger partial charge in [-0.1, -0.05) is 6.07 Å². The van der Waals surface area contributed by atoms with Crippen molar-refractivity contribution >= 4 is 35.4 Å². The largest absolute Gasteiger partial charge is 0.370 e. The number of quaternary nitrogens is 1. The summed E-state index contributed by atoms with van der Waals surface area (Å²) in [7, 11) is 1.86. The van der Waals surface area contributed by atoms with Gasteiger partial charge in [-0.05, 0) is 23.7 Å². The molecule has 0 spiro atoms. The Balaban J connectivity index is 1.58. The van der Waals surface area contributed by atoms with Crippen molar-refractivity contribution in [3.8, 4) is 0 Å². The summed E-state index contributed by atoms with van der Waals surface area (Å²) in [4.78, 5) is 27.4. The number of hydrogen-bond donors (Lipinski definition) is 2. The first-order valence-corrected chi connectivity index (χ1v) is 9.82. The second kappa shape index (κ2) is 8.11. The molecule has 3 heterocycles. The molecule has 2 amide bonds. The molecule has 1 aliphatic heterocycles. The van der Waals surface area contributed by atoms with Crippen LogP contribution in [0, 0.1) is 4.77 Å². The Morgan fingerprint density at radius 3 is 2.73 bits per heavy atom. The van der Waals surface area contributed by atoms with E-state index in [0.29, 0.717) is 17.9 Å². The molecule has 0 unspecified atom stereocenters. The summed E-state index contributed by atoms with van der Waals surface area (Å²) in [6.07, 6.45) is 0.747. The van der Waals surface area contributed by atoms with Crippen LogP contribution in [0.25, 0.3) is 0 Å².